The number of phenols is 1. The van der Waals surface area contributed by atoms with Gasteiger partial charge >= 0.3 is 0 Å². The highest BCUT2D eigenvalue weighted by atomic mass is 19.1. The van der Waals surface area contributed by atoms with E-state index in [2.05, 4.69) is 53.5 Å². The summed E-state index contributed by atoms with van der Waals surface area (Å²) >= 11 is 0. The van der Waals surface area contributed by atoms with Gasteiger partial charge in [0.15, 0.2) is 5.82 Å². The van der Waals surface area contributed by atoms with E-state index in [-0.39, 0.29) is 37.0 Å². The predicted molar refractivity (Wildman–Crippen MR) is 208 cm³/mol. The number of halogens is 1. The van der Waals surface area contributed by atoms with Gasteiger partial charge in [-0.15, -0.1) is 0 Å². The molecule has 3 aliphatic heterocycles. The van der Waals surface area contributed by atoms with Gasteiger partial charge in [-0.05, 0) is 103 Å². The van der Waals surface area contributed by atoms with Crippen molar-refractivity contribution in [3.63, 3.8) is 0 Å². The normalized spacial score (nSPS) is 18.0. The third kappa shape index (κ3) is 8.04. The van der Waals surface area contributed by atoms with Gasteiger partial charge in [0.05, 0.1) is 18.8 Å². The fraction of sp³-hybridized carbons (Fsp3) is 0.341. The minimum Gasteiger partial charge on any atom is -0.508 e. The topological polar surface area (TPSA) is 102 Å². The Bertz CT molecular complexity index is 2010. The highest BCUT2D eigenvalue weighted by molar-refractivity contribution is 6.05. The molecule has 2 N–H and O–H groups in total. The molecule has 4 aromatic carbocycles. The minimum absolute atomic E-state index is 0.0307. The number of phenolic OH excluding ortho intramolecular Hbond substituents is 1. The Hall–Kier alpha value is -5.48. The first kappa shape index (κ1) is 36.9. The Morgan fingerprint density at radius 1 is 0.833 bits per heavy atom. The van der Waals surface area contributed by atoms with E-state index in [4.69, 9.17) is 4.74 Å². The summed E-state index contributed by atoms with van der Waals surface area (Å²) in [5.74, 6) is -0.525. The van der Waals surface area contributed by atoms with Crippen LogP contribution in [0.5, 0.6) is 11.5 Å². The molecule has 10 heteroatoms. The van der Waals surface area contributed by atoms with Gasteiger partial charge in [0.25, 0.3) is 5.91 Å². The average Bonchev–Trinajstić information content (AvgIpc) is 3.53. The van der Waals surface area contributed by atoms with E-state index >= 15 is 4.39 Å². The van der Waals surface area contributed by atoms with Gasteiger partial charge in [-0.2, -0.15) is 0 Å². The molecule has 7 rings (SSSR count). The average molecular weight is 731 g/mol. The van der Waals surface area contributed by atoms with Crippen LogP contribution in [0, 0.1) is 5.82 Å². The van der Waals surface area contributed by atoms with E-state index in [1.807, 2.05) is 35.2 Å². The Labute approximate surface area is 316 Å². The molecule has 0 saturated carbocycles. The number of carbonyl (C=O) groups is 3. The van der Waals surface area contributed by atoms with E-state index in [1.54, 1.807) is 24.3 Å². The number of nitrogens with zero attached hydrogens (tertiary/aromatic N) is 3. The molecule has 0 radical (unpaired) electrons. The maximum absolute atomic E-state index is 15.8. The van der Waals surface area contributed by atoms with Crippen LogP contribution in [-0.2, 0) is 16.1 Å². The second kappa shape index (κ2) is 16.7. The number of allylic oxidation sites excluding steroid dienone is 1. The number of fused-ring (bicyclic) bond motifs is 1. The quantitative estimate of drug-likeness (QED) is 0.0866. The van der Waals surface area contributed by atoms with Gasteiger partial charge in [0.2, 0.25) is 11.8 Å². The van der Waals surface area contributed by atoms with Crippen LogP contribution in [0.4, 0.5) is 10.1 Å². The lowest BCUT2D eigenvalue weighted by Crippen LogP contribution is -2.52. The number of piperazine rings is 1. The zero-order chi connectivity index (χ0) is 37.6. The number of anilines is 1. The number of piperidine rings is 1. The molecule has 3 amide bonds. The van der Waals surface area contributed by atoms with Crippen molar-refractivity contribution in [2.75, 3.05) is 44.2 Å². The van der Waals surface area contributed by atoms with E-state index in [9.17, 15) is 19.5 Å². The summed E-state index contributed by atoms with van der Waals surface area (Å²) in [5, 5.41) is 12.2. The van der Waals surface area contributed by atoms with Crippen LogP contribution in [0.3, 0.4) is 0 Å². The third-order valence-corrected chi connectivity index (χ3v) is 10.8. The zero-order valence-electron chi connectivity index (χ0n) is 30.7. The number of amides is 3. The van der Waals surface area contributed by atoms with Crippen LogP contribution < -0.4 is 15.0 Å². The van der Waals surface area contributed by atoms with E-state index < -0.39 is 17.8 Å². The fourth-order valence-electron chi connectivity index (χ4n) is 7.88. The fourth-order valence-corrected chi connectivity index (χ4v) is 7.88. The molecule has 9 nitrogen and oxygen atoms in total. The number of hydrogen-bond acceptors (Lipinski definition) is 7. The van der Waals surface area contributed by atoms with Crippen LogP contribution in [0.25, 0.3) is 11.1 Å². The number of rotatable bonds is 13. The van der Waals surface area contributed by atoms with Crippen molar-refractivity contribution < 1.29 is 28.6 Å². The largest absolute Gasteiger partial charge is 0.508 e. The maximum atomic E-state index is 15.8. The molecule has 2 saturated heterocycles. The number of aromatic hydroxyl groups is 1. The molecule has 4 aromatic rings. The molecule has 0 spiro atoms. The molecule has 0 aliphatic carbocycles. The van der Waals surface area contributed by atoms with Gasteiger partial charge in [0.1, 0.15) is 17.5 Å². The van der Waals surface area contributed by atoms with Crippen LogP contribution >= 0.6 is 0 Å². The summed E-state index contributed by atoms with van der Waals surface area (Å²) in [6.45, 7) is 6.84. The summed E-state index contributed by atoms with van der Waals surface area (Å²) < 4.78 is 21.9. The Balaban J connectivity index is 0.865. The van der Waals surface area contributed by atoms with Crippen molar-refractivity contribution in [2.24, 2.45) is 0 Å². The molecule has 2 fully saturated rings. The van der Waals surface area contributed by atoms with E-state index in [0.29, 0.717) is 36.5 Å². The first-order valence-electron chi connectivity index (χ1n) is 19.0. The molecular weight excluding hydrogens is 684 g/mol. The standard InChI is InChI=1S/C44H47FN4O5/c1-2-35(30-9-5-3-6-10-30)41(31-11-15-33(50)16-12-31)32-13-17-34(18-14-32)54-28-8-4-7-23-47-24-26-48(27-25-47)38-20-19-36-37(42(38)45)29-49(44(36)53)39-21-22-40(51)46-43(39)52/h3,5-6,9-20,39,50H,2,4,7-8,21-29H2,1H3,(H,46,51,52). The molecule has 280 valence electrons. The second-order valence-corrected chi connectivity index (χ2v) is 14.2. The van der Waals surface area contributed by atoms with Crippen LogP contribution in [0.2, 0.25) is 0 Å². The number of hydrogen-bond donors (Lipinski definition) is 2. The smallest absolute Gasteiger partial charge is 0.255 e. The number of carbonyl (C=O) groups excluding carboxylic acids is 3. The van der Waals surface area contributed by atoms with Crippen molar-refractivity contribution in [2.45, 2.75) is 58.0 Å². The lowest BCUT2D eigenvalue weighted by atomic mass is 9.88. The molecular formula is C44H47FN4O5. The van der Waals surface area contributed by atoms with E-state index in [0.717, 1.165) is 67.8 Å². The SMILES string of the molecule is CCC(=C(c1ccc(O)cc1)c1ccc(OCCCCCN2CCN(c3ccc4c(c3F)CN(C3CCC(=O)NC3=O)C4=O)CC2)cc1)c1ccccc1. The molecule has 1 atom stereocenters. The van der Waals surface area contributed by atoms with E-state index in [1.165, 1.54) is 16.0 Å². The van der Waals surface area contributed by atoms with Crippen LogP contribution in [0.15, 0.2) is 91.0 Å². The Morgan fingerprint density at radius 2 is 1.54 bits per heavy atom. The van der Waals surface area contributed by atoms with Gasteiger partial charge in [-0.3, -0.25) is 24.6 Å². The first-order valence-corrected chi connectivity index (χ1v) is 19.0. The number of unbranched alkanes of at least 4 members (excludes halogenated alkanes) is 2. The third-order valence-electron chi connectivity index (χ3n) is 10.8. The highest BCUT2D eigenvalue weighted by Gasteiger charge is 2.41. The maximum Gasteiger partial charge on any atom is 0.255 e. The lowest BCUT2D eigenvalue weighted by Gasteiger charge is -2.36. The molecule has 54 heavy (non-hydrogen) atoms. The Morgan fingerprint density at radius 3 is 2.22 bits per heavy atom. The summed E-state index contributed by atoms with van der Waals surface area (Å²) in [6.07, 6.45) is 4.31. The van der Waals surface area contributed by atoms with Crippen molar-refractivity contribution in [3.05, 3.63) is 125 Å². The van der Waals surface area contributed by atoms with Crippen LogP contribution in [0.1, 0.15) is 78.1 Å². The van der Waals surface area contributed by atoms with Crippen molar-refractivity contribution in [3.8, 4) is 11.5 Å². The lowest BCUT2D eigenvalue weighted by molar-refractivity contribution is -0.136. The van der Waals surface area contributed by atoms with Crippen molar-refractivity contribution in [1.29, 1.82) is 0 Å². The van der Waals surface area contributed by atoms with Gasteiger partial charge in [0, 0.05) is 43.7 Å². The minimum atomic E-state index is -0.763. The number of ether oxygens (including phenoxy) is 1. The van der Waals surface area contributed by atoms with Crippen molar-refractivity contribution >= 4 is 34.6 Å². The molecule has 3 heterocycles. The molecule has 3 aliphatic rings. The first-order chi connectivity index (χ1) is 26.3. The summed E-state index contributed by atoms with van der Waals surface area (Å²) in [6, 6.07) is 28.7. The van der Waals surface area contributed by atoms with Gasteiger partial charge in [-0.1, -0.05) is 61.5 Å². The predicted octanol–water partition coefficient (Wildman–Crippen LogP) is 7.03. The monoisotopic (exact) mass is 730 g/mol. The number of nitrogens with one attached hydrogen (secondary N) is 1. The molecule has 0 aromatic heterocycles. The highest BCUT2D eigenvalue weighted by Crippen LogP contribution is 2.36. The number of imide groups is 1. The Kier molecular flexibility index (Phi) is 11.4. The van der Waals surface area contributed by atoms with Crippen molar-refractivity contribution in [1.82, 2.24) is 15.1 Å². The van der Waals surface area contributed by atoms with Gasteiger partial charge < -0.3 is 19.6 Å². The zero-order valence-corrected chi connectivity index (χ0v) is 30.7. The molecule has 1 unspecified atom stereocenters. The van der Waals surface area contributed by atoms with Gasteiger partial charge in [-0.25, -0.2) is 4.39 Å². The molecule has 0 bridgehead atoms. The number of benzene rings is 4. The summed E-state index contributed by atoms with van der Waals surface area (Å²) in [7, 11) is 0. The summed E-state index contributed by atoms with van der Waals surface area (Å²) in [5.41, 5.74) is 6.82. The summed E-state index contributed by atoms with van der Waals surface area (Å²) in [4.78, 5) is 42.9. The second-order valence-electron chi connectivity index (χ2n) is 14.2. The van der Waals surface area contributed by atoms with Crippen LogP contribution in [-0.4, -0.2) is 78.0 Å².